The van der Waals surface area contributed by atoms with Gasteiger partial charge in [0.05, 0.1) is 26.4 Å². The molecule has 7 heteroatoms. The Labute approximate surface area is 152 Å². The SMILES string of the molecule is Cl.N=c1scc(-c2ccccc2)n1-c1cc(Cl)c(Cl)cc1Cl. The van der Waals surface area contributed by atoms with Crippen molar-refractivity contribution in [2.24, 2.45) is 0 Å². The molecule has 0 bridgehead atoms. The monoisotopic (exact) mass is 390 g/mol. The number of hydrogen-bond donors (Lipinski definition) is 1. The Morgan fingerprint density at radius 3 is 2.23 bits per heavy atom. The normalized spacial score (nSPS) is 10.3. The number of hydrogen-bond acceptors (Lipinski definition) is 2. The van der Waals surface area contributed by atoms with Crippen molar-refractivity contribution >= 4 is 58.5 Å². The van der Waals surface area contributed by atoms with Gasteiger partial charge < -0.3 is 0 Å². The Hall–Kier alpha value is -0.970. The summed E-state index contributed by atoms with van der Waals surface area (Å²) >= 11 is 19.7. The first-order chi connectivity index (χ1) is 10.1. The smallest absolute Gasteiger partial charge is 0.187 e. The van der Waals surface area contributed by atoms with Crippen molar-refractivity contribution in [1.29, 1.82) is 5.41 Å². The molecule has 0 spiro atoms. The first kappa shape index (κ1) is 17.4. The lowest BCUT2D eigenvalue weighted by atomic mass is 10.1. The molecule has 0 amide bonds. The zero-order valence-corrected chi connectivity index (χ0v) is 14.9. The van der Waals surface area contributed by atoms with Crippen LogP contribution in [0.15, 0.2) is 47.8 Å². The Morgan fingerprint density at radius 2 is 1.55 bits per heavy atom. The van der Waals surface area contributed by atoms with E-state index < -0.39 is 0 Å². The molecule has 0 saturated heterocycles. The average molecular weight is 392 g/mol. The van der Waals surface area contributed by atoms with Crippen molar-refractivity contribution in [2.45, 2.75) is 0 Å². The van der Waals surface area contributed by atoms with Crippen LogP contribution in [-0.4, -0.2) is 4.57 Å². The Kier molecular flexibility index (Phi) is 5.59. The van der Waals surface area contributed by atoms with Crippen LogP contribution >= 0.6 is 58.5 Å². The summed E-state index contributed by atoms with van der Waals surface area (Å²) < 4.78 is 1.77. The van der Waals surface area contributed by atoms with E-state index in [0.717, 1.165) is 11.3 Å². The summed E-state index contributed by atoms with van der Waals surface area (Å²) in [7, 11) is 0. The van der Waals surface area contributed by atoms with Gasteiger partial charge in [0.2, 0.25) is 0 Å². The van der Waals surface area contributed by atoms with Gasteiger partial charge in [-0.3, -0.25) is 9.98 Å². The van der Waals surface area contributed by atoms with Gasteiger partial charge >= 0.3 is 0 Å². The van der Waals surface area contributed by atoms with Crippen LogP contribution in [0.1, 0.15) is 0 Å². The molecular weight excluding hydrogens is 382 g/mol. The van der Waals surface area contributed by atoms with Gasteiger partial charge in [-0.1, -0.05) is 65.1 Å². The standard InChI is InChI=1S/C15H9Cl3N2S.ClH/c16-10-6-12(18)13(7-11(10)17)20-14(8-21-15(20)19)9-4-2-1-3-5-9;/h1-8,19H;1H. The van der Waals surface area contributed by atoms with Crippen LogP contribution < -0.4 is 4.80 Å². The van der Waals surface area contributed by atoms with Crippen LogP contribution in [-0.2, 0) is 0 Å². The summed E-state index contributed by atoms with van der Waals surface area (Å²) in [6.07, 6.45) is 0. The second-order valence-corrected chi connectivity index (χ2v) is 6.42. The van der Waals surface area contributed by atoms with Crippen LogP contribution in [0.2, 0.25) is 15.1 Å². The quantitative estimate of drug-likeness (QED) is 0.514. The number of rotatable bonds is 2. The molecular formula is C15H10Cl4N2S. The predicted octanol–water partition coefficient (Wildman–Crippen LogP) is 6.07. The minimum atomic E-state index is 0. The molecule has 1 N–H and O–H groups in total. The van der Waals surface area contributed by atoms with E-state index in [-0.39, 0.29) is 12.4 Å². The summed E-state index contributed by atoms with van der Waals surface area (Å²) in [4.78, 5) is 0.370. The number of nitrogens with zero attached hydrogens (tertiary/aromatic N) is 1. The van der Waals surface area contributed by atoms with Crippen molar-refractivity contribution in [1.82, 2.24) is 4.57 Å². The second-order valence-electron chi connectivity index (χ2n) is 4.35. The Balaban J connectivity index is 0.00000176. The second kappa shape index (κ2) is 7.07. The van der Waals surface area contributed by atoms with Crippen LogP contribution in [0.25, 0.3) is 16.9 Å². The van der Waals surface area contributed by atoms with Gasteiger partial charge in [0.1, 0.15) is 0 Å². The van der Waals surface area contributed by atoms with Gasteiger partial charge in [-0.15, -0.1) is 23.7 Å². The van der Waals surface area contributed by atoms with E-state index in [0.29, 0.717) is 25.6 Å². The van der Waals surface area contributed by atoms with Gasteiger partial charge in [0, 0.05) is 5.38 Å². The van der Waals surface area contributed by atoms with Crippen molar-refractivity contribution in [3.05, 3.63) is 67.7 Å². The lowest BCUT2D eigenvalue weighted by Gasteiger charge is -2.12. The molecule has 3 rings (SSSR count). The largest absolute Gasteiger partial charge is 0.284 e. The van der Waals surface area contributed by atoms with Gasteiger partial charge in [-0.25, -0.2) is 0 Å². The zero-order valence-electron chi connectivity index (χ0n) is 11.0. The van der Waals surface area contributed by atoms with E-state index >= 15 is 0 Å². The molecule has 0 radical (unpaired) electrons. The lowest BCUT2D eigenvalue weighted by molar-refractivity contribution is 0.987. The van der Waals surface area contributed by atoms with Crippen LogP contribution in [0.5, 0.6) is 0 Å². The predicted molar refractivity (Wildman–Crippen MR) is 97.2 cm³/mol. The van der Waals surface area contributed by atoms with E-state index in [4.69, 9.17) is 40.2 Å². The molecule has 2 aromatic carbocycles. The van der Waals surface area contributed by atoms with Crippen molar-refractivity contribution in [3.63, 3.8) is 0 Å². The molecule has 114 valence electrons. The van der Waals surface area contributed by atoms with Crippen LogP contribution in [0.4, 0.5) is 0 Å². The van der Waals surface area contributed by atoms with Crippen molar-refractivity contribution in [3.8, 4) is 16.9 Å². The van der Waals surface area contributed by atoms with Crippen LogP contribution in [0, 0.1) is 5.41 Å². The van der Waals surface area contributed by atoms with E-state index in [1.54, 1.807) is 16.7 Å². The van der Waals surface area contributed by atoms with E-state index in [1.165, 1.54) is 11.3 Å². The van der Waals surface area contributed by atoms with Crippen LogP contribution in [0.3, 0.4) is 0 Å². The molecule has 0 aliphatic carbocycles. The summed E-state index contributed by atoms with van der Waals surface area (Å²) in [5.74, 6) is 0. The molecule has 0 aliphatic rings. The molecule has 0 aliphatic heterocycles. The van der Waals surface area contributed by atoms with E-state index in [9.17, 15) is 0 Å². The maximum absolute atomic E-state index is 8.15. The van der Waals surface area contributed by atoms with Crippen molar-refractivity contribution < 1.29 is 0 Å². The Bertz CT molecular complexity index is 856. The van der Waals surface area contributed by atoms with Crippen molar-refractivity contribution in [2.75, 3.05) is 0 Å². The fraction of sp³-hybridized carbons (Fsp3) is 0. The van der Waals surface area contributed by atoms with Gasteiger partial charge in [-0.2, -0.15) is 0 Å². The first-order valence-electron chi connectivity index (χ1n) is 6.03. The fourth-order valence-electron chi connectivity index (χ4n) is 2.06. The highest BCUT2D eigenvalue weighted by Crippen LogP contribution is 2.33. The zero-order chi connectivity index (χ0) is 15.0. The fourth-order valence-corrected chi connectivity index (χ4v) is 3.45. The third kappa shape index (κ3) is 3.19. The highest BCUT2D eigenvalue weighted by Gasteiger charge is 2.14. The minimum Gasteiger partial charge on any atom is -0.284 e. The van der Waals surface area contributed by atoms with Gasteiger partial charge in [0.25, 0.3) is 0 Å². The summed E-state index contributed by atoms with van der Waals surface area (Å²) in [5.41, 5.74) is 2.55. The number of halogens is 4. The molecule has 1 heterocycles. The first-order valence-corrected chi connectivity index (χ1v) is 8.05. The highest BCUT2D eigenvalue weighted by molar-refractivity contribution is 7.07. The van der Waals surface area contributed by atoms with E-state index in [1.807, 2.05) is 35.7 Å². The topological polar surface area (TPSA) is 28.8 Å². The number of aromatic nitrogens is 1. The van der Waals surface area contributed by atoms with E-state index in [2.05, 4.69) is 0 Å². The molecule has 0 atom stereocenters. The number of benzene rings is 2. The molecule has 0 saturated carbocycles. The molecule has 0 unspecified atom stereocenters. The molecule has 1 aromatic heterocycles. The molecule has 22 heavy (non-hydrogen) atoms. The minimum absolute atomic E-state index is 0. The third-order valence-electron chi connectivity index (χ3n) is 3.03. The summed E-state index contributed by atoms with van der Waals surface area (Å²) in [6, 6.07) is 13.1. The molecule has 0 fully saturated rings. The van der Waals surface area contributed by atoms with Gasteiger partial charge in [0.15, 0.2) is 4.80 Å². The summed E-state index contributed by atoms with van der Waals surface area (Å²) in [6.45, 7) is 0. The third-order valence-corrected chi connectivity index (χ3v) is 4.80. The number of thiazole rings is 1. The molecule has 3 aromatic rings. The molecule has 2 nitrogen and oxygen atoms in total. The highest BCUT2D eigenvalue weighted by atomic mass is 35.5. The summed E-state index contributed by atoms with van der Waals surface area (Å²) in [5, 5.41) is 11.3. The lowest BCUT2D eigenvalue weighted by Crippen LogP contribution is -2.12. The maximum atomic E-state index is 8.15. The maximum Gasteiger partial charge on any atom is 0.187 e. The van der Waals surface area contributed by atoms with Gasteiger partial charge in [-0.05, 0) is 17.7 Å². The Morgan fingerprint density at radius 1 is 0.909 bits per heavy atom. The number of nitrogens with one attached hydrogen (secondary N) is 1. The average Bonchev–Trinajstić information content (AvgIpc) is 2.85.